The summed E-state index contributed by atoms with van der Waals surface area (Å²) in [5.41, 5.74) is 8.11. The molecule has 0 saturated carbocycles. The lowest BCUT2D eigenvalue weighted by Crippen LogP contribution is -2.08. The molecule has 0 aliphatic carbocycles. The van der Waals surface area contributed by atoms with Crippen LogP contribution in [0.4, 0.5) is 5.82 Å². The minimum absolute atomic E-state index is 0.299. The van der Waals surface area contributed by atoms with Gasteiger partial charge in [0, 0.05) is 18.0 Å². The van der Waals surface area contributed by atoms with Crippen LogP contribution in [0.2, 0.25) is 0 Å². The number of halogens is 1. The Labute approximate surface area is 128 Å². The van der Waals surface area contributed by atoms with Crippen LogP contribution in [0.25, 0.3) is 11.3 Å². The third-order valence-electron chi connectivity index (χ3n) is 3.28. The third kappa shape index (κ3) is 2.54. The van der Waals surface area contributed by atoms with Crippen molar-refractivity contribution in [2.75, 3.05) is 12.8 Å². The van der Waals surface area contributed by atoms with E-state index in [1.54, 1.807) is 7.11 Å². The second-order valence-corrected chi connectivity index (χ2v) is 5.78. The minimum Gasteiger partial charge on any atom is -0.496 e. The standard InChI is InChI=1S/C15H20BrN3O/c1-5-13-18-14(15(17)19(13)9(2)3)10-6-7-12(20-4)11(16)8-10/h6-9H,5,17H2,1-4H3. The molecule has 5 heteroatoms. The molecule has 0 spiro atoms. The van der Waals surface area contributed by atoms with Gasteiger partial charge in [-0.3, -0.25) is 0 Å². The van der Waals surface area contributed by atoms with Gasteiger partial charge in [0.2, 0.25) is 0 Å². The van der Waals surface area contributed by atoms with Crippen molar-refractivity contribution in [3.8, 4) is 17.0 Å². The van der Waals surface area contributed by atoms with Crippen LogP contribution in [0.5, 0.6) is 5.75 Å². The van der Waals surface area contributed by atoms with Crippen molar-refractivity contribution in [2.45, 2.75) is 33.2 Å². The van der Waals surface area contributed by atoms with Crippen molar-refractivity contribution in [2.24, 2.45) is 0 Å². The average Bonchev–Trinajstić information content (AvgIpc) is 2.75. The number of benzene rings is 1. The van der Waals surface area contributed by atoms with Gasteiger partial charge in [0.05, 0.1) is 11.6 Å². The molecular weight excluding hydrogens is 318 g/mol. The highest BCUT2D eigenvalue weighted by Crippen LogP contribution is 2.34. The third-order valence-corrected chi connectivity index (χ3v) is 3.90. The second kappa shape index (κ2) is 5.87. The summed E-state index contributed by atoms with van der Waals surface area (Å²) in [4.78, 5) is 4.69. The number of aromatic nitrogens is 2. The van der Waals surface area contributed by atoms with Gasteiger partial charge in [0.15, 0.2) is 0 Å². The van der Waals surface area contributed by atoms with Gasteiger partial charge in [-0.25, -0.2) is 4.98 Å². The lowest BCUT2D eigenvalue weighted by atomic mass is 10.1. The van der Waals surface area contributed by atoms with Crippen molar-refractivity contribution >= 4 is 21.7 Å². The van der Waals surface area contributed by atoms with Gasteiger partial charge >= 0.3 is 0 Å². The number of hydrogen-bond acceptors (Lipinski definition) is 3. The van der Waals surface area contributed by atoms with Crippen LogP contribution in [-0.2, 0) is 6.42 Å². The van der Waals surface area contributed by atoms with Crippen LogP contribution in [0.15, 0.2) is 22.7 Å². The van der Waals surface area contributed by atoms with E-state index in [2.05, 4.69) is 41.3 Å². The number of rotatable bonds is 4. The van der Waals surface area contributed by atoms with Gasteiger partial charge in [-0.1, -0.05) is 6.92 Å². The Balaban J connectivity index is 2.56. The lowest BCUT2D eigenvalue weighted by molar-refractivity contribution is 0.412. The van der Waals surface area contributed by atoms with E-state index < -0.39 is 0 Å². The highest BCUT2D eigenvalue weighted by atomic mass is 79.9. The fraction of sp³-hybridized carbons (Fsp3) is 0.400. The Morgan fingerprint density at radius 2 is 2.10 bits per heavy atom. The number of nitrogens with zero attached hydrogens (tertiary/aromatic N) is 2. The van der Waals surface area contributed by atoms with Crippen LogP contribution >= 0.6 is 15.9 Å². The summed E-state index contributed by atoms with van der Waals surface area (Å²) in [5, 5.41) is 0. The molecule has 108 valence electrons. The van der Waals surface area contributed by atoms with Crippen molar-refractivity contribution < 1.29 is 4.74 Å². The summed E-state index contributed by atoms with van der Waals surface area (Å²) in [6, 6.07) is 6.18. The van der Waals surface area contributed by atoms with E-state index in [4.69, 9.17) is 15.5 Å². The molecule has 20 heavy (non-hydrogen) atoms. The molecule has 0 amide bonds. The molecule has 0 unspecified atom stereocenters. The summed E-state index contributed by atoms with van der Waals surface area (Å²) in [5.74, 6) is 2.53. The van der Waals surface area contributed by atoms with Gasteiger partial charge in [-0.15, -0.1) is 0 Å². The Hall–Kier alpha value is -1.49. The van der Waals surface area contributed by atoms with E-state index in [1.807, 2.05) is 18.2 Å². The Morgan fingerprint density at radius 3 is 2.55 bits per heavy atom. The smallest absolute Gasteiger partial charge is 0.133 e. The van der Waals surface area contributed by atoms with Crippen LogP contribution in [0, 0.1) is 0 Å². The van der Waals surface area contributed by atoms with E-state index in [0.29, 0.717) is 11.9 Å². The second-order valence-electron chi connectivity index (χ2n) is 4.93. The van der Waals surface area contributed by atoms with Crippen molar-refractivity contribution in [3.63, 3.8) is 0 Å². The molecule has 2 aromatic rings. The predicted octanol–water partition coefficient (Wildman–Crippen LogP) is 4.05. The number of hydrogen-bond donors (Lipinski definition) is 1. The van der Waals surface area contributed by atoms with E-state index in [0.717, 1.165) is 33.7 Å². The Morgan fingerprint density at radius 1 is 1.40 bits per heavy atom. The number of aryl methyl sites for hydroxylation is 1. The van der Waals surface area contributed by atoms with E-state index in [-0.39, 0.29) is 0 Å². The van der Waals surface area contributed by atoms with E-state index in [9.17, 15) is 0 Å². The Bertz CT molecular complexity index is 620. The number of methoxy groups -OCH3 is 1. The maximum absolute atomic E-state index is 6.29. The van der Waals surface area contributed by atoms with Gasteiger partial charge in [0.25, 0.3) is 0 Å². The first-order chi connectivity index (χ1) is 9.49. The quantitative estimate of drug-likeness (QED) is 0.915. The van der Waals surface area contributed by atoms with Gasteiger partial charge in [-0.2, -0.15) is 0 Å². The zero-order valence-electron chi connectivity index (χ0n) is 12.3. The Kier molecular flexibility index (Phi) is 4.38. The topological polar surface area (TPSA) is 53.1 Å². The van der Waals surface area contributed by atoms with Crippen LogP contribution in [0.3, 0.4) is 0 Å². The normalized spacial score (nSPS) is 11.1. The minimum atomic E-state index is 0.299. The summed E-state index contributed by atoms with van der Waals surface area (Å²) < 4.78 is 8.24. The summed E-state index contributed by atoms with van der Waals surface area (Å²) in [6.07, 6.45) is 0.861. The molecule has 0 fully saturated rings. The molecule has 0 saturated heterocycles. The average molecular weight is 338 g/mol. The first-order valence-corrected chi connectivity index (χ1v) is 7.49. The van der Waals surface area contributed by atoms with Gasteiger partial charge in [-0.05, 0) is 48.0 Å². The predicted molar refractivity (Wildman–Crippen MR) is 86.1 cm³/mol. The molecule has 1 aromatic carbocycles. The molecule has 0 aliphatic rings. The van der Waals surface area contributed by atoms with E-state index >= 15 is 0 Å². The SMILES string of the molecule is CCc1nc(-c2ccc(OC)c(Br)c2)c(N)n1C(C)C. The lowest BCUT2D eigenvalue weighted by Gasteiger charge is -2.12. The molecule has 0 aliphatic heterocycles. The largest absolute Gasteiger partial charge is 0.496 e. The van der Waals surface area contributed by atoms with Crippen LogP contribution in [0.1, 0.15) is 32.6 Å². The molecular formula is C15H20BrN3O. The summed E-state index contributed by atoms with van der Waals surface area (Å²) in [6.45, 7) is 6.32. The number of nitrogens with two attached hydrogens (primary N) is 1. The number of nitrogen functional groups attached to an aromatic ring is 1. The van der Waals surface area contributed by atoms with Gasteiger partial charge in [0.1, 0.15) is 23.1 Å². The molecule has 2 N–H and O–H groups in total. The summed E-state index contributed by atoms with van der Waals surface area (Å²) >= 11 is 3.50. The number of imidazole rings is 1. The highest BCUT2D eigenvalue weighted by Gasteiger charge is 2.17. The molecule has 4 nitrogen and oxygen atoms in total. The first kappa shape index (κ1) is 14.9. The van der Waals surface area contributed by atoms with Crippen molar-refractivity contribution in [3.05, 3.63) is 28.5 Å². The highest BCUT2D eigenvalue weighted by molar-refractivity contribution is 9.10. The molecule has 0 bridgehead atoms. The molecule has 0 radical (unpaired) electrons. The van der Waals surface area contributed by atoms with Crippen molar-refractivity contribution in [1.82, 2.24) is 9.55 Å². The molecule has 1 aromatic heterocycles. The van der Waals surface area contributed by atoms with E-state index in [1.165, 1.54) is 0 Å². The van der Waals surface area contributed by atoms with Crippen LogP contribution in [-0.4, -0.2) is 16.7 Å². The van der Waals surface area contributed by atoms with Crippen molar-refractivity contribution in [1.29, 1.82) is 0 Å². The monoisotopic (exact) mass is 337 g/mol. The molecule has 0 atom stereocenters. The molecule has 2 rings (SSSR count). The number of ether oxygens (including phenoxy) is 1. The summed E-state index contributed by atoms with van der Waals surface area (Å²) in [7, 11) is 1.65. The zero-order valence-corrected chi connectivity index (χ0v) is 13.9. The fourth-order valence-electron chi connectivity index (χ4n) is 2.35. The molecule has 1 heterocycles. The first-order valence-electron chi connectivity index (χ1n) is 6.70. The maximum Gasteiger partial charge on any atom is 0.133 e. The number of anilines is 1. The van der Waals surface area contributed by atoms with Gasteiger partial charge < -0.3 is 15.0 Å². The van der Waals surface area contributed by atoms with Crippen LogP contribution < -0.4 is 10.5 Å². The maximum atomic E-state index is 6.29. The zero-order chi connectivity index (χ0) is 14.9. The fourth-order valence-corrected chi connectivity index (χ4v) is 2.89.